The van der Waals surface area contributed by atoms with Gasteiger partial charge >= 0.3 is 5.97 Å². The van der Waals surface area contributed by atoms with Crippen molar-refractivity contribution in [1.82, 2.24) is 9.97 Å². The van der Waals surface area contributed by atoms with E-state index in [2.05, 4.69) is 43.1 Å². The van der Waals surface area contributed by atoms with Crippen LogP contribution < -0.4 is 5.73 Å². The van der Waals surface area contributed by atoms with Gasteiger partial charge in [0.2, 0.25) is 5.89 Å². The molecule has 0 radical (unpaired) electrons. The summed E-state index contributed by atoms with van der Waals surface area (Å²) >= 11 is 0. The number of benzene rings is 1. The summed E-state index contributed by atoms with van der Waals surface area (Å²) in [5.74, 6) is 0.228. The lowest BCUT2D eigenvalue weighted by atomic mass is 9.89. The van der Waals surface area contributed by atoms with Gasteiger partial charge in [0.25, 0.3) is 0 Å². The van der Waals surface area contributed by atoms with Crippen LogP contribution in [0.25, 0.3) is 22.6 Å². The lowest BCUT2D eigenvalue weighted by molar-refractivity contribution is 0.0594. The van der Waals surface area contributed by atoms with Crippen molar-refractivity contribution in [2.75, 3.05) is 7.11 Å². The van der Waals surface area contributed by atoms with Crippen molar-refractivity contribution < 1.29 is 13.9 Å². The first kappa shape index (κ1) is 26.6. The van der Waals surface area contributed by atoms with Crippen LogP contribution in [-0.4, -0.2) is 23.0 Å². The van der Waals surface area contributed by atoms with E-state index in [-0.39, 0.29) is 30.5 Å². The molecular weight excluding hydrogens is 437 g/mol. The molecule has 2 heterocycles. The van der Waals surface area contributed by atoms with Crippen LogP contribution in [0.2, 0.25) is 0 Å². The van der Waals surface area contributed by atoms with E-state index in [0.29, 0.717) is 18.4 Å². The second kappa shape index (κ2) is 11.3. The Morgan fingerprint density at radius 2 is 1.74 bits per heavy atom. The van der Waals surface area contributed by atoms with Gasteiger partial charge in [0.1, 0.15) is 6.26 Å². The van der Waals surface area contributed by atoms with Gasteiger partial charge in [-0.3, -0.25) is 4.98 Å². The van der Waals surface area contributed by atoms with Crippen molar-refractivity contribution in [2.24, 2.45) is 11.7 Å². The molecule has 0 bridgehead atoms. The summed E-state index contributed by atoms with van der Waals surface area (Å²) in [6, 6.07) is 8.26. The van der Waals surface area contributed by atoms with Gasteiger partial charge in [-0.05, 0) is 37.3 Å². The van der Waals surface area contributed by atoms with Crippen molar-refractivity contribution in [3.63, 3.8) is 0 Å². The molecule has 0 saturated heterocycles. The van der Waals surface area contributed by atoms with E-state index in [4.69, 9.17) is 19.9 Å². The molecule has 0 fully saturated rings. The molecule has 2 aromatic heterocycles. The molecule has 168 valence electrons. The summed E-state index contributed by atoms with van der Waals surface area (Å²) < 4.78 is 10.4. The number of nitrogens with zero attached hydrogens (tertiary/aromatic N) is 2. The number of hydrogen-bond acceptors (Lipinski definition) is 6. The molecule has 0 aliphatic heterocycles. The van der Waals surface area contributed by atoms with Crippen LogP contribution in [0, 0.1) is 19.8 Å². The van der Waals surface area contributed by atoms with E-state index in [1.165, 1.54) is 18.9 Å². The van der Waals surface area contributed by atoms with Gasteiger partial charge in [-0.1, -0.05) is 43.7 Å². The van der Waals surface area contributed by atoms with Crippen molar-refractivity contribution >= 4 is 30.8 Å². The van der Waals surface area contributed by atoms with Gasteiger partial charge in [0.15, 0.2) is 5.69 Å². The van der Waals surface area contributed by atoms with E-state index in [1.807, 2.05) is 13.8 Å². The van der Waals surface area contributed by atoms with Crippen LogP contribution in [-0.2, 0) is 17.7 Å². The van der Waals surface area contributed by atoms with E-state index in [9.17, 15) is 4.79 Å². The number of aryl methyl sites for hydroxylation is 2. The fourth-order valence-electron chi connectivity index (χ4n) is 3.46. The Bertz CT molecular complexity index is 1030. The maximum atomic E-state index is 11.9. The maximum Gasteiger partial charge on any atom is 0.360 e. The van der Waals surface area contributed by atoms with Crippen LogP contribution >= 0.6 is 24.8 Å². The number of oxazole rings is 1. The Morgan fingerprint density at radius 1 is 1.10 bits per heavy atom. The summed E-state index contributed by atoms with van der Waals surface area (Å²) in [6.45, 7) is 8.64. The average molecular weight is 466 g/mol. The highest BCUT2D eigenvalue weighted by Gasteiger charge is 2.24. The number of aromatic nitrogens is 2. The molecule has 2 N–H and O–H groups in total. The summed E-state index contributed by atoms with van der Waals surface area (Å²) in [4.78, 5) is 21.1. The van der Waals surface area contributed by atoms with E-state index in [0.717, 1.165) is 40.1 Å². The van der Waals surface area contributed by atoms with Crippen molar-refractivity contribution in [3.8, 4) is 22.6 Å². The highest BCUT2D eigenvalue weighted by atomic mass is 35.5. The standard InChI is InChI=1S/C23H27N3O3.2ClH/c1-13(2)10-18-17(11-24)21(16-8-6-14(3)7-9-16)20(15(4)25-18)22-26-19(12-29-22)23(27)28-5;;/h6-9,12-13H,10-11,24H2,1-5H3;2*1H. The molecule has 0 aliphatic rings. The summed E-state index contributed by atoms with van der Waals surface area (Å²) in [7, 11) is 1.31. The number of pyridine rings is 1. The van der Waals surface area contributed by atoms with Gasteiger partial charge in [-0.2, -0.15) is 0 Å². The molecule has 1 aromatic carbocycles. The number of methoxy groups -OCH3 is 1. The van der Waals surface area contributed by atoms with Crippen LogP contribution in [0.1, 0.15) is 46.9 Å². The van der Waals surface area contributed by atoms with E-state index < -0.39 is 5.97 Å². The quantitative estimate of drug-likeness (QED) is 0.496. The van der Waals surface area contributed by atoms with Crippen molar-refractivity contribution in [3.05, 3.63) is 58.7 Å². The number of esters is 1. The molecule has 0 unspecified atom stereocenters. The third kappa shape index (κ3) is 5.64. The SMILES string of the molecule is COC(=O)c1coc(-c2c(C)nc(CC(C)C)c(CN)c2-c2ccc(C)cc2)n1.Cl.Cl. The predicted molar refractivity (Wildman–Crippen MR) is 127 cm³/mol. The average Bonchev–Trinajstić information content (AvgIpc) is 3.16. The maximum absolute atomic E-state index is 11.9. The second-order valence-corrected chi connectivity index (χ2v) is 7.57. The molecule has 0 spiro atoms. The third-order valence-electron chi connectivity index (χ3n) is 4.82. The molecule has 0 aliphatic carbocycles. The zero-order valence-electron chi connectivity index (χ0n) is 18.4. The molecule has 6 nitrogen and oxygen atoms in total. The van der Waals surface area contributed by atoms with Gasteiger partial charge < -0.3 is 14.9 Å². The first-order valence-electron chi connectivity index (χ1n) is 9.69. The second-order valence-electron chi connectivity index (χ2n) is 7.57. The van der Waals surface area contributed by atoms with Crippen LogP contribution in [0.3, 0.4) is 0 Å². The van der Waals surface area contributed by atoms with E-state index in [1.54, 1.807) is 0 Å². The Hall–Kier alpha value is -2.41. The van der Waals surface area contributed by atoms with Crippen molar-refractivity contribution in [1.29, 1.82) is 0 Å². The molecular formula is C23H29Cl2N3O3. The minimum Gasteiger partial charge on any atom is -0.464 e. The van der Waals surface area contributed by atoms with Gasteiger partial charge in [0.05, 0.1) is 18.4 Å². The van der Waals surface area contributed by atoms with Gasteiger partial charge in [0, 0.05) is 17.8 Å². The molecule has 31 heavy (non-hydrogen) atoms. The Balaban J connectivity index is 0.00000240. The number of rotatable bonds is 6. The summed E-state index contributed by atoms with van der Waals surface area (Å²) in [6.07, 6.45) is 2.13. The molecule has 3 aromatic rings. The lowest BCUT2D eigenvalue weighted by Crippen LogP contribution is -2.12. The molecule has 0 saturated carbocycles. The minimum absolute atomic E-state index is 0. The molecule has 3 rings (SSSR count). The zero-order chi connectivity index (χ0) is 21.1. The lowest BCUT2D eigenvalue weighted by Gasteiger charge is -2.19. The smallest absolute Gasteiger partial charge is 0.360 e. The van der Waals surface area contributed by atoms with Crippen LogP contribution in [0.4, 0.5) is 0 Å². The number of nitrogens with two attached hydrogens (primary N) is 1. The number of carbonyl (C=O) groups is 1. The monoisotopic (exact) mass is 465 g/mol. The zero-order valence-corrected chi connectivity index (χ0v) is 20.0. The first-order valence-corrected chi connectivity index (χ1v) is 9.69. The Morgan fingerprint density at radius 3 is 2.29 bits per heavy atom. The number of hydrogen-bond donors (Lipinski definition) is 1. The van der Waals surface area contributed by atoms with E-state index >= 15 is 0 Å². The highest BCUT2D eigenvalue weighted by Crippen LogP contribution is 2.38. The Labute approximate surface area is 195 Å². The first-order chi connectivity index (χ1) is 13.8. The highest BCUT2D eigenvalue weighted by molar-refractivity contribution is 5.89. The van der Waals surface area contributed by atoms with Crippen molar-refractivity contribution in [2.45, 2.75) is 40.7 Å². The molecule has 0 amide bonds. The normalized spacial score (nSPS) is 10.4. The van der Waals surface area contributed by atoms with Crippen LogP contribution in [0.5, 0.6) is 0 Å². The summed E-state index contributed by atoms with van der Waals surface area (Å²) in [5.41, 5.74) is 12.9. The van der Waals surface area contributed by atoms with Crippen LogP contribution in [0.15, 0.2) is 34.9 Å². The number of halogens is 2. The minimum atomic E-state index is -0.544. The Kier molecular flexibility index (Phi) is 9.69. The van der Waals surface area contributed by atoms with Gasteiger partial charge in [-0.25, -0.2) is 9.78 Å². The number of carbonyl (C=O) groups excluding carboxylic acids is 1. The number of ether oxygens (including phenoxy) is 1. The molecule has 0 atom stereocenters. The van der Waals surface area contributed by atoms with Gasteiger partial charge in [-0.15, -0.1) is 24.8 Å². The predicted octanol–water partition coefficient (Wildman–Crippen LogP) is 5.31. The fraction of sp³-hybridized carbons (Fsp3) is 0.348. The fourth-order valence-corrected chi connectivity index (χ4v) is 3.46. The topological polar surface area (TPSA) is 91.2 Å². The molecule has 8 heteroatoms. The largest absolute Gasteiger partial charge is 0.464 e. The summed E-state index contributed by atoms with van der Waals surface area (Å²) in [5, 5.41) is 0. The third-order valence-corrected chi connectivity index (χ3v) is 4.82.